The summed E-state index contributed by atoms with van der Waals surface area (Å²) in [4.78, 5) is 47.8. The molecule has 3 atom stereocenters. The third-order valence-electron chi connectivity index (χ3n) is 9.17. The average molecular weight is 777 g/mol. The molecular weight excluding hydrogens is 742 g/mol. The second-order valence-corrected chi connectivity index (χ2v) is 13.9. The molecule has 5 rings (SSSR count). The molecule has 2 aromatic heterocycles. The molecule has 10 nitrogen and oxygen atoms in total. The van der Waals surface area contributed by atoms with Crippen LogP contribution in [0.15, 0.2) is 48.0 Å². The normalized spacial score (nSPS) is 20.7. The van der Waals surface area contributed by atoms with Crippen molar-refractivity contribution in [2.24, 2.45) is 0 Å². The standard InChI is InChI=1S/C34H35ClF6N4O6S/c1-3-6-26-32(51-24-15-27(52-18-24)34(39,40)41,10-5-12-44(26)29(46)28-25(33(36,37)38)7-4-11-42-28)30(47)45-16-20-8-9-22(35)13-21(20)14-23(45)17-43(19-50-2)31(48)49/h4,7-9,11,13,15,18,23,26H,3,5-6,10,12,14,16-17,19H2,1-2H3,(H,48,49)/t23-,26-,32+/m1/s1. The molecule has 282 valence electrons. The average Bonchev–Trinajstić information content (AvgIpc) is 3.57. The number of thiophene rings is 1. The Morgan fingerprint density at radius 2 is 1.85 bits per heavy atom. The number of pyridine rings is 1. The first kappa shape index (κ1) is 39.1. The van der Waals surface area contributed by atoms with Crippen LogP contribution in [-0.2, 0) is 34.8 Å². The van der Waals surface area contributed by atoms with Crippen LogP contribution in [0.3, 0.4) is 0 Å². The van der Waals surface area contributed by atoms with Crippen LogP contribution in [0, 0.1) is 0 Å². The number of alkyl halides is 6. The van der Waals surface area contributed by atoms with Gasteiger partial charge in [-0.3, -0.25) is 19.5 Å². The number of likely N-dealkylation sites (tertiary alicyclic amines) is 1. The first-order chi connectivity index (χ1) is 24.5. The van der Waals surface area contributed by atoms with Crippen LogP contribution in [0.25, 0.3) is 0 Å². The fourth-order valence-corrected chi connectivity index (χ4v) is 7.80. The summed E-state index contributed by atoms with van der Waals surface area (Å²) >= 11 is 6.60. The third kappa shape index (κ3) is 8.10. The Kier molecular flexibility index (Phi) is 11.7. The molecule has 0 spiro atoms. The molecule has 2 aliphatic heterocycles. The molecule has 0 saturated carbocycles. The van der Waals surface area contributed by atoms with E-state index in [1.807, 2.05) is 0 Å². The van der Waals surface area contributed by atoms with E-state index in [2.05, 4.69) is 4.98 Å². The molecule has 52 heavy (non-hydrogen) atoms. The van der Waals surface area contributed by atoms with Gasteiger partial charge in [0.05, 0.1) is 17.6 Å². The van der Waals surface area contributed by atoms with E-state index < -0.39 is 64.1 Å². The van der Waals surface area contributed by atoms with Crippen LogP contribution < -0.4 is 4.74 Å². The summed E-state index contributed by atoms with van der Waals surface area (Å²) in [5.74, 6) is -2.21. The minimum absolute atomic E-state index is 0.0115. The Balaban J connectivity index is 1.66. The molecule has 3 amide bonds. The van der Waals surface area contributed by atoms with Crippen molar-refractivity contribution in [1.82, 2.24) is 19.7 Å². The monoisotopic (exact) mass is 776 g/mol. The largest absolute Gasteiger partial charge is 0.474 e. The van der Waals surface area contributed by atoms with E-state index in [0.29, 0.717) is 34.4 Å². The van der Waals surface area contributed by atoms with E-state index in [4.69, 9.17) is 21.1 Å². The molecule has 18 heteroatoms. The lowest BCUT2D eigenvalue weighted by Crippen LogP contribution is -2.69. The van der Waals surface area contributed by atoms with E-state index in [1.54, 1.807) is 25.1 Å². The number of rotatable bonds is 10. The molecule has 0 unspecified atom stereocenters. The SMILES string of the molecule is CCC[C@H]1N(C(=O)c2ncccc2C(F)(F)F)CCC[C@@]1(Oc1csc(C(F)(F)F)c1)C(=O)N1Cc2ccc(Cl)cc2C[C@@H]1CN(COC)C(=O)O. The predicted molar refractivity (Wildman–Crippen MR) is 177 cm³/mol. The van der Waals surface area contributed by atoms with Gasteiger partial charge < -0.3 is 24.4 Å². The highest BCUT2D eigenvalue weighted by Gasteiger charge is 2.57. The third-order valence-corrected chi connectivity index (χ3v) is 10.4. The second kappa shape index (κ2) is 15.5. The van der Waals surface area contributed by atoms with Crippen molar-refractivity contribution >= 4 is 40.8 Å². The number of benzene rings is 1. The highest BCUT2D eigenvalue weighted by atomic mass is 35.5. The van der Waals surface area contributed by atoms with E-state index in [9.17, 15) is 41.0 Å². The van der Waals surface area contributed by atoms with Crippen molar-refractivity contribution in [3.05, 3.63) is 80.3 Å². The van der Waals surface area contributed by atoms with Gasteiger partial charge in [0.25, 0.3) is 11.8 Å². The molecule has 1 saturated heterocycles. The Labute approximate surface area is 303 Å². The number of hydrogen-bond acceptors (Lipinski definition) is 7. The van der Waals surface area contributed by atoms with Gasteiger partial charge >= 0.3 is 18.4 Å². The smallest absolute Gasteiger partial charge is 0.425 e. The number of carboxylic acid groups (broad SMARTS) is 1. The summed E-state index contributed by atoms with van der Waals surface area (Å²) in [5.41, 5.74) is -2.91. The molecule has 1 N–H and O–H groups in total. The fraction of sp³-hybridized carbons (Fsp3) is 0.471. The van der Waals surface area contributed by atoms with Crippen LogP contribution >= 0.6 is 22.9 Å². The Hall–Kier alpha value is -4.09. The van der Waals surface area contributed by atoms with Gasteiger partial charge in [0.15, 0.2) is 0 Å². The number of halogens is 7. The number of aromatic nitrogens is 1. The molecule has 0 aliphatic carbocycles. The number of nitrogens with zero attached hydrogens (tertiary/aromatic N) is 4. The molecule has 0 bridgehead atoms. The zero-order chi connectivity index (χ0) is 38.0. The van der Waals surface area contributed by atoms with Crippen LogP contribution in [0.2, 0.25) is 5.02 Å². The van der Waals surface area contributed by atoms with E-state index in [1.165, 1.54) is 12.0 Å². The first-order valence-corrected chi connectivity index (χ1v) is 17.5. The zero-order valence-electron chi connectivity index (χ0n) is 28.0. The lowest BCUT2D eigenvalue weighted by atomic mass is 9.78. The van der Waals surface area contributed by atoms with Crippen molar-refractivity contribution < 1.29 is 55.3 Å². The highest BCUT2D eigenvalue weighted by Crippen LogP contribution is 2.43. The maximum absolute atomic E-state index is 15.3. The van der Waals surface area contributed by atoms with Crippen LogP contribution in [0.4, 0.5) is 31.1 Å². The minimum atomic E-state index is -4.95. The summed E-state index contributed by atoms with van der Waals surface area (Å²) < 4.78 is 94.9. The number of hydrogen-bond donors (Lipinski definition) is 1. The first-order valence-electron chi connectivity index (χ1n) is 16.2. The molecule has 1 fully saturated rings. The molecule has 4 heterocycles. The summed E-state index contributed by atoms with van der Waals surface area (Å²) in [6, 6.07) is 5.34. The van der Waals surface area contributed by atoms with Crippen LogP contribution in [-0.4, -0.2) is 87.3 Å². The Bertz CT molecular complexity index is 1790. The quantitative estimate of drug-likeness (QED) is 0.167. The van der Waals surface area contributed by atoms with Crippen molar-refractivity contribution in [2.75, 3.05) is 26.9 Å². The molecular formula is C34H35ClF6N4O6S. The van der Waals surface area contributed by atoms with Crippen molar-refractivity contribution in [1.29, 1.82) is 0 Å². The van der Waals surface area contributed by atoms with Crippen molar-refractivity contribution in [3.63, 3.8) is 0 Å². The van der Waals surface area contributed by atoms with Gasteiger partial charge in [0, 0.05) is 55.8 Å². The highest BCUT2D eigenvalue weighted by molar-refractivity contribution is 7.10. The summed E-state index contributed by atoms with van der Waals surface area (Å²) in [6.07, 6.45) is -9.66. The number of carbonyl (C=O) groups is 3. The van der Waals surface area contributed by atoms with E-state index >= 15 is 4.79 Å². The lowest BCUT2D eigenvalue weighted by molar-refractivity contribution is -0.163. The summed E-state index contributed by atoms with van der Waals surface area (Å²) in [7, 11) is 1.29. The molecule has 0 radical (unpaired) electrons. The Morgan fingerprint density at radius 3 is 2.48 bits per heavy atom. The number of amides is 3. The summed E-state index contributed by atoms with van der Waals surface area (Å²) in [6.45, 7) is 0.930. The van der Waals surface area contributed by atoms with Gasteiger partial charge in [-0.15, -0.1) is 11.3 Å². The van der Waals surface area contributed by atoms with E-state index in [-0.39, 0.29) is 57.8 Å². The summed E-state index contributed by atoms with van der Waals surface area (Å²) in [5, 5.41) is 11.4. The number of carbonyl (C=O) groups excluding carboxylic acids is 2. The van der Waals surface area contributed by atoms with E-state index in [0.717, 1.165) is 39.1 Å². The topological polar surface area (TPSA) is 113 Å². The number of fused-ring (bicyclic) bond motifs is 1. The van der Waals surface area contributed by atoms with Gasteiger partial charge in [-0.2, -0.15) is 26.3 Å². The molecule has 2 aliphatic rings. The molecule has 3 aromatic rings. The van der Waals surface area contributed by atoms with Gasteiger partial charge in [-0.1, -0.05) is 31.0 Å². The molecule has 1 aromatic carbocycles. The number of methoxy groups -OCH3 is 1. The van der Waals surface area contributed by atoms with Gasteiger partial charge in [0.1, 0.15) is 23.1 Å². The van der Waals surface area contributed by atoms with Gasteiger partial charge in [-0.25, -0.2) is 4.79 Å². The fourth-order valence-electron chi connectivity index (χ4n) is 6.93. The second-order valence-electron chi connectivity index (χ2n) is 12.6. The zero-order valence-corrected chi connectivity index (χ0v) is 29.5. The van der Waals surface area contributed by atoms with Crippen LogP contribution in [0.5, 0.6) is 5.75 Å². The Morgan fingerprint density at radius 1 is 1.10 bits per heavy atom. The number of ether oxygens (including phenoxy) is 2. The van der Waals surface area contributed by atoms with Crippen molar-refractivity contribution in [3.8, 4) is 5.75 Å². The number of piperidine rings is 1. The van der Waals surface area contributed by atoms with Crippen molar-refractivity contribution in [2.45, 2.75) is 75.6 Å². The maximum Gasteiger partial charge on any atom is 0.425 e. The predicted octanol–water partition coefficient (Wildman–Crippen LogP) is 7.59. The van der Waals surface area contributed by atoms with Gasteiger partial charge in [0.2, 0.25) is 5.60 Å². The van der Waals surface area contributed by atoms with Crippen LogP contribution in [0.1, 0.15) is 64.7 Å². The maximum atomic E-state index is 15.3. The lowest BCUT2D eigenvalue weighted by Gasteiger charge is -2.51. The van der Waals surface area contributed by atoms with Gasteiger partial charge in [-0.05, 0) is 54.7 Å². The minimum Gasteiger partial charge on any atom is -0.474 e.